The number of aryl methyl sites for hydroxylation is 1. The summed E-state index contributed by atoms with van der Waals surface area (Å²) in [5.74, 6) is -0.119. The Kier molecular flexibility index (Phi) is 11.9. The molecule has 0 heterocycles. The molecule has 4 rings (SSSR count). The SMILES string of the molecule is COc1ccc(N(CC(=O)N(Cc2cccc(OC)c2)[C@@H](Cc2ccccc2)C(=O)NC(C)(C)C)S(=O)(=O)c2ccc(C)c([N+](=O)[O-])c2)cc1. The fraction of sp³-hybridized carbons (Fsp3) is 0.297. The van der Waals surface area contributed by atoms with Crippen LogP contribution in [0.3, 0.4) is 0 Å². The molecule has 4 aromatic carbocycles. The molecule has 1 N–H and O–H groups in total. The number of anilines is 1. The largest absolute Gasteiger partial charge is 0.497 e. The number of carbonyl (C=O) groups excluding carboxylic acids is 2. The molecule has 0 bridgehead atoms. The molecule has 12 nitrogen and oxygen atoms in total. The lowest BCUT2D eigenvalue weighted by atomic mass is 10.0. The summed E-state index contributed by atoms with van der Waals surface area (Å²) in [5.41, 5.74) is 0.800. The summed E-state index contributed by atoms with van der Waals surface area (Å²) in [6, 6.07) is 24.8. The number of nitrogens with zero attached hydrogens (tertiary/aromatic N) is 3. The van der Waals surface area contributed by atoms with Crippen LogP contribution < -0.4 is 19.1 Å². The molecule has 0 saturated heterocycles. The van der Waals surface area contributed by atoms with Crippen LogP contribution in [0.4, 0.5) is 11.4 Å². The standard InChI is InChI=1S/C37H42N4O8S/c1-26-15-20-32(23-33(26)41(44)45)50(46,47)40(29-16-18-30(48-5)19-17-29)25-35(42)39(24-28-13-10-14-31(21-28)49-6)34(36(43)38-37(2,3)4)22-27-11-8-7-9-12-27/h7-21,23,34H,22,24-25H2,1-6H3,(H,38,43)/t34-/m0/s1. The first-order valence-corrected chi connectivity index (χ1v) is 17.3. The van der Waals surface area contributed by atoms with Gasteiger partial charge in [0.25, 0.3) is 15.7 Å². The summed E-state index contributed by atoms with van der Waals surface area (Å²) < 4.78 is 40.3. The van der Waals surface area contributed by atoms with Gasteiger partial charge in [-0.1, -0.05) is 48.5 Å². The maximum atomic E-state index is 14.7. The smallest absolute Gasteiger partial charge is 0.273 e. The van der Waals surface area contributed by atoms with Crippen LogP contribution >= 0.6 is 0 Å². The number of hydrogen-bond acceptors (Lipinski definition) is 8. The van der Waals surface area contributed by atoms with Crippen molar-refractivity contribution in [1.29, 1.82) is 0 Å². The molecule has 0 saturated carbocycles. The first kappa shape index (κ1) is 37.4. The molecule has 13 heteroatoms. The van der Waals surface area contributed by atoms with E-state index >= 15 is 0 Å². The van der Waals surface area contributed by atoms with Gasteiger partial charge in [-0.15, -0.1) is 0 Å². The van der Waals surface area contributed by atoms with Gasteiger partial charge in [0.05, 0.1) is 29.7 Å². The second-order valence-corrected chi connectivity index (χ2v) is 14.6. The molecule has 0 spiro atoms. The van der Waals surface area contributed by atoms with Crippen molar-refractivity contribution in [3.63, 3.8) is 0 Å². The third-order valence-corrected chi connectivity index (χ3v) is 9.63. The van der Waals surface area contributed by atoms with Gasteiger partial charge in [-0.2, -0.15) is 0 Å². The van der Waals surface area contributed by atoms with Gasteiger partial charge < -0.3 is 19.7 Å². The predicted molar refractivity (Wildman–Crippen MR) is 191 cm³/mol. The highest BCUT2D eigenvalue weighted by molar-refractivity contribution is 7.92. The lowest BCUT2D eigenvalue weighted by Crippen LogP contribution is -2.56. The second kappa shape index (κ2) is 15.9. The second-order valence-electron chi connectivity index (χ2n) is 12.7. The number of benzene rings is 4. The molecule has 264 valence electrons. The number of nitrogens with one attached hydrogen (secondary N) is 1. The Morgan fingerprint density at radius 2 is 1.50 bits per heavy atom. The third kappa shape index (κ3) is 9.38. The van der Waals surface area contributed by atoms with E-state index in [9.17, 15) is 28.1 Å². The summed E-state index contributed by atoms with van der Waals surface area (Å²) in [5, 5.41) is 14.8. The summed E-state index contributed by atoms with van der Waals surface area (Å²) in [7, 11) is -1.59. The molecule has 1 atom stereocenters. The van der Waals surface area contributed by atoms with Crippen LogP contribution in [0, 0.1) is 17.0 Å². The van der Waals surface area contributed by atoms with Crippen molar-refractivity contribution in [3.05, 3.63) is 124 Å². The van der Waals surface area contributed by atoms with Gasteiger partial charge in [0.1, 0.15) is 24.1 Å². The van der Waals surface area contributed by atoms with Gasteiger partial charge in [0, 0.05) is 30.1 Å². The number of amides is 2. The van der Waals surface area contributed by atoms with Crippen LogP contribution in [0.1, 0.15) is 37.5 Å². The lowest BCUT2D eigenvalue weighted by molar-refractivity contribution is -0.385. The van der Waals surface area contributed by atoms with E-state index in [-0.39, 0.29) is 34.8 Å². The van der Waals surface area contributed by atoms with Crippen molar-refractivity contribution in [2.24, 2.45) is 0 Å². The Labute approximate surface area is 292 Å². The first-order valence-electron chi connectivity index (χ1n) is 15.8. The topological polar surface area (TPSA) is 148 Å². The monoisotopic (exact) mass is 702 g/mol. The molecule has 4 aromatic rings. The minimum Gasteiger partial charge on any atom is -0.497 e. The van der Waals surface area contributed by atoms with Gasteiger partial charge in [0.15, 0.2) is 0 Å². The average molecular weight is 703 g/mol. The highest BCUT2D eigenvalue weighted by atomic mass is 32.2. The molecule has 2 amide bonds. The van der Waals surface area contributed by atoms with Crippen LogP contribution in [-0.2, 0) is 32.6 Å². The van der Waals surface area contributed by atoms with Crippen LogP contribution in [0.2, 0.25) is 0 Å². The van der Waals surface area contributed by atoms with Gasteiger partial charge in [-0.05, 0) is 81.3 Å². The Hall–Kier alpha value is -5.43. The zero-order valence-corrected chi connectivity index (χ0v) is 29.8. The van der Waals surface area contributed by atoms with Crippen molar-refractivity contribution in [2.45, 2.75) is 57.1 Å². The Morgan fingerprint density at radius 1 is 0.860 bits per heavy atom. The summed E-state index contributed by atoms with van der Waals surface area (Å²) in [4.78, 5) is 40.9. The number of ether oxygens (including phenoxy) is 2. The Bertz CT molecular complexity index is 1930. The van der Waals surface area contributed by atoms with E-state index in [0.29, 0.717) is 17.1 Å². The number of carbonyl (C=O) groups is 2. The number of rotatable bonds is 14. The maximum absolute atomic E-state index is 14.7. The van der Waals surface area contributed by atoms with E-state index in [4.69, 9.17) is 9.47 Å². The molecule has 0 aliphatic heterocycles. The van der Waals surface area contributed by atoms with Crippen molar-refractivity contribution in [2.75, 3.05) is 25.1 Å². The molecule has 0 aromatic heterocycles. The number of methoxy groups -OCH3 is 2. The number of nitro groups is 1. The number of nitro benzene ring substituents is 1. The van der Waals surface area contributed by atoms with Gasteiger partial charge in [-0.25, -0.2) is 8.42 Å². The number of hydrogen-bond donors (Lipinski definition) is 1. The summed E-state index contributed by atoms with van der Waals surface area (Å²) in [6.07, 6.45) is 0.137. The van der Waals surface area contributed by atoms with E-state index < -0.39 is 44.9 Å². The highest BCUT2D eigenvalue weighted by Crippen LogP contribution is 2.30. The van der Waals surface area contributed by atoms with Crippen molar-refractivity contribution < 1.29 is 32.4 Å². The molecule has 0 aliphatic carbocycles. The minimum absolute atomic E-state index is 0.0579. The van der Waals surface area contributed by atoms with Crippen molar-refractivity contribution >= 4 is 33.2 Å². The van der Waals surface area contributed by atoms with Gasteiger partial charge in [-0.3, -0.25) is 24.0 Å². The van der Waals surface area contributed by atoms with Crippen molar-refractivity contribution in [1.82, 2.24) is 10.2 Å². The average Bonchev–Trinajstić information content (AvgIpc) is 3.08. The zero-order valence-electron chi connectivity index (χ0n) is 29.0. The predicted octanol–water partition coefficient (Wildman–Crippen LogP) is 5.67. The molecule has 0 radical (unpaired) electrons. The quantitative estimate of drug-likeness (QED) is 0.131. The zero-order chi connectivity index (χ0) is 36.6. The van der Waals surface area contributed by atoms with Crippen LogP contribution in [0.25, 0.3) is 0 Å². The fourth-order valence-corrected chi connectivity index (χ4v) is 6.76. The lowest BCUT2D eigenvalue weighted by Gasteiger charge is -2.35. The normalized spacial score (nSPS) is 12.0. The van der Waals surface area contributed by atoms with E-state index in [1.54, 1.807) is 36.4 Å². The van der Waals surface area contributed by atoms with E-state index in [0.717, 1.165) is 15.9 Å². The van der Waals surface area contributed by atoms with Gasteiger partial charge >= 0.3 is 0 Å². The number of sulfonamides is 1. The van der Waals surface area contributed by atoms with Crippen molar-refractivity contribution in [3.8, 4) is 11.5 Å². The molecule has 50 heavy (non-hydrogen) atoms. The first-order chi connectivity index (χ1) is 23.6. The fourth-order valence-electron chi connectivity index (χ4n) is 5.33. The molecular weight excluding hydrogens is 660 g/mol. The molecule has 0 aliphatic rings. The van der Waals surface area contributed by atoms with E-state index in [1.165, 1.54) is 50.3 Å². The summed E-state index contributed by atoms with van der Waals surface area (Å²) >= 11 is 0. The third-order valence-electron chi connectivity index (χ3n) is 7.86. The molecule has 0 fully saturated rings. The summed E-state index contributed by atoms with van der Waals surface area (Å²) in [6.45, 7) is 6.21. The van der Waals surface area contributed by atoms with E-state index in [1.807, 2.05) is 51.1 Å². The van der Waals surface area contributed by atoms with Gasteiger partial charge in [0.2, 0.25) is 11.8 Å². The van der Waals surface area contributed by atoms with Crippen LogP contribution in [0.5, 0.6) is 11.5 Å². The van der Waals surface area contributed by atoms with E-state index in [2.05, 4.69) is 5.32 Å². The van der Waals surface area contributed by atoms with Crippen LogP contribution in [0.15, 0.2) is 102 Å². The van der Waals surface area contributed by atoms with Crippen LogP contribution in [-0.4, -0.2) is 62.4 Å². The Morgan fingerprint density at radius 3 is 2.10 bits per heavy atom. The molecular formula is C37H42N4O8S. The Balaban J connectivity index is 1.87. The maximum Gasteiger partial charge on any atom is 0.273 e. The minimum atomic E-state index is -4.57. The highest BCUT2D eigenvalue weighted by Gasteiger charge is 2.36. The molecule has 0 unspecified atom stereocenters.